The lowest BCUT2D eigenvalue weighted by Crippen LogP contribution is -2.22. The first-order valence-corrected chi connectivity index (χ1v) is 12.7. The van der Waals surface area contributed by atoms with Crippen LogP contribution in [0.2, 0.25) is 0 Å². The Hall–Kier alpha value is -1.30. The summed E-state index contributed by atoms with van der Waals surface area (Å²) in [5.74, 6) is 5.03. The molecule has 0 heteroatoms. The van der Waals surface area contributed by atoms with Crippen molar-refractivity contribution in [2.75, 3.05) is 0 Å². The van der Waals surface area contributed by atoms with Crippen LogP contribution in [0.5, 0.6) is 0 Å². The van der Waals surface area contributed by atoms with Gasteiger partial charge in [0.15, 0.2) is 0 Å². The lowest BCUT2D eigenvalue weighted by atomic mass is 9.70. The monoisotopic (exact) mass is 390 g/mol. The smallest absolute Gasteiger partial charge is 0.00182 e. The van der Waals surface area contributed by atoms with Gasteiger partial charge in [-0.25, -0.2) is 0 Å². The van der Waals surface area contributed by atoms with Crippen LogP contribution in [0.1, 0.15) is 107 Å². The maximum Gasteiger partial charge on any atom is 0.00182 e. The summed E-state index contributed by atoms with van der Waals surface area (Å²) in [5, 5.41) is 0. The molecule has 2 saturated carbocycles. The molecule has 4 rings (SSSR count). The molecule has 0 nitrogen and oxygen atoms in total. The van der Waals surface area contributed by atoms with E-state index in [9.17, 15) is 0 Å². The summed E-state index contributed by atoms with van der Waals surface area (Å²) in [7, 11) is 0. The van der Waals surface area contributed by atoms with Crippen LogP contribution in [0.25, 0.3) is 0 Å². The molecule has 2 fully saturated rings. The summed E-state index contributed by atoms with van der Waals surface area (Å²) < 4.78 is 0. The second-order valence-corrected chi connectivity index (χ2v) is 10.3. The van der Waals surface area contributed by atoms with Crippen LogP contribution in [-0.2, 0) is 0 Å². The standard InChI is InChI=1S/C29H42/c1-3-5-23-8-12-25(13-9-23)27-16-20-29(21-17-27)28-18-14-26(15-19-28)24-10-6-22(4-2)7-11-24/h4,14-16,18-20,22-25,27,29H,2-3,5-13,17,21H2,1H3. The molecule has 2 unspecified atom stereocenters. The average molecular weight is 391 g/mol. The van der Waals surface area contributed by atoms with Crippen LogP contribution < -0.4 is 0 Å². The van der Waals surface area contributed by atoms with Crippen molar-refractivity contribution in [3.05, 3.63) is 60.2 Å². The van der Waals surface area contributed by atoms with Gasteiger partial charge in [0.1, 0.15) is 0 Å². The van der Waals surface area contributed by atoms with Crippen molar-refractivity contribution in [3.8, 4) is 0 Å². The highest BCUT2D eigenvalue weighted by Crippen LogP contribution is 2.42. The van der Waals surface area contributed by atoms with Crippen LogP contribution >= 0.6 is 0 Å². The van der Waals surface area contributed by atoms with Gasteiger partial charge in [-0.3, -0.25) is 0 Å². The van der Waals surface area contributed by atoms with Crippen LogP contribution in [0.15, 0.2) is 49.1 Å². The molecule has 0 N–H and O–H groups in total. The van der Waals surface area contributed by atoms with E-state index in [0.29, 0.717) is 5.92 Å². The molecule has 1 aromatic carbocycles. The molecule has 0 spiro atoms. The highest BCUT2D eigenvalue weighted by Gasteiger charge is 2.28. The summed E-state index contributed by atoms with van der Waals surface area (Å²) in [6.45, 7) is 6.33. The van der Waals surface area contributed by atoms with E-state index in [1.54, 1.807) is 5.56 Å². The Morgan fingerprint density at radius 2 is 1.48 bits per heavy atom. The minimum Gasteiger partial charge on any atom is -0.103 e. The SMILES string of the molecule is C=CC1CCC(c2ccc(C3C=CC(C4CCC(CCC)CC4)CC3)cc2)CC1. The van der Waals surface area contributed by atoms with E-state index in [1.165, 1.54) is 82.6 Å². The third-order valence-corrected chi connectivity index (χ3v) is 8.54. The van der Waals surface area contributed by atoms with Gasteiger partial charge in [-0.05, 0) is 92.1 Å². The maximum absolute atomic E-state index is 3.98. The molecule has 158 valence electrons. The Morgan fingerprint density at radius 3 is 2.07 bits per heavy atom. The van der Waals surface area contributed by atoms with E-state index >= 15 is 0 Å². The van der Waals surface area contributed by atoms with Crippen LogP contribution in [0.3, 0.4) is 0 Å². The topological polar surface area (TPSA) is 0 Å². The molecule has 29 heavy (non-hydrogen) atoms. The van der Waals surface area contributed by atoms with Gasteiger partial charge in [0, 0.05) is 5.92 Å². The van der Waals surface area contributed by atoms with Gasteiger partial charge in [0.05, 0.1) is 0 Å². The van der Waals surface area contributed by atoms with Crippen molar-refractivity contribution in [1.29, 1.82) is 0 Å². The minimum absolute atomic E-state index is 0.647. The van der Waals surface area contributed by atoms with Gasteiger partial charge < -0.3 is 0 Å². The highest BCUT2D eigenvalue weighted by molar-refractivity contribution is 5.31. The molecule has 1 aromatic rings. The predicted molar refractivity (Wildman–Crippen MR) is 126 cm³/mol. The lowest BCUT2D eigenvalue weighted by molar-refractivity contribution is 0.209. The third kappa shape index (κ3) is 5.25. The van der Waals surface area contributed by atoms with Gasteiger partial charge in [-0.2, -0.15) is 0 Å². The highest BCUT2D eigenvalue weighted by atomic mass is 14.3. The zero-order valence-corrected chi connectivity index (χ0v) is 18.7. The Kier molecular flexibility index (Phi) is 7.33. The largest absolute Gasteiger partial charge is 0.103 e. The van der Waals surface area contributed by atoms with E-state index in [4.69, 9.17) is 0 Å². The van der Waals surface area contributed by atoms with Crippen molar-refractivity contribution < 1.29 is 0 Å². The normalized spacial score (nSPS) is 35.3. The summed E-state index contributed by atoms with van der Waals surface area (Å²) in [6.07, 6.45) is 24.1. The molecular weight excluding hydrogens is 348 g/mol. The molecule has 0 amide bonds. The summed E-state index contributed by atoms with van der Waals surface area (Å²) in [4.78, 5) is 0. The Balaban J connectivity index is 1.29. The first-order chi connectivity index (χ1) is 14.3. The fourth-order valence-electron chi connectivity index (χ4n) is 6.53. The molecule has 3 aliphatic carbocycles. The Morgan fingerprint density at radius 1 is 0.793 bits per heavy atom. The summed E-state index contributed by atoms with van der Waals surface area (Å²) >= 11 is 0. The quantitative estimate of drug-likeness (QED) is 0.426. The minimum atomic E-state index is 0.647. The van der Waals surface area contributed by atoms with Crippen LogP contribution in [0.4, 0.5) is 0 Å². The van der Waals surface area contributed by atoms with E-state index in [2.05, 4.69) is 56.0 Å². The van der Waals surface area contributed by atoms with Crippen molar-refractivity contribution >= 4 is 0 Å². The molecule has 0 aliphatic heterocycles. The molecule has 0 bridgehead atoms. The Bertz CT molecular complexity index is 650. The number of allylic oxidation sites excluding steroid dienone is 3. The van der Waals surface area contributed by atoms with Crippen molar-refractivity contribution in [3.63, 3.8) is 0 Å². The van der Waals surface area contributed by atoms with Gasteiger partial charge >= 0.3 is 0 Å². The number of benzene rings is 1. The number of rotatable bonds is 6. The fraction of sp³-hybridized carbons (Fsp3) is 0.655. The zero-order chi connectivity index (χ0) is 20.1. The van der Waals surface area contributed by atoms with Crippen molar-refractivity contribution in [2.45, 2.75) is 95.8 Å². The molecule has 2 atom stereocenters. The average Bonchev–Trinajstić information content (AvgIpc) is 2.80. The molecule has 0 aromatic heterocycles. The van der Waals surface area contributed by atoms with Gasteiger partial charge in [0.25, 0.3) is 0 Å². The second-order valence-electron chi connectivity index (χ2n) is 10.3. The summed E-state index contributed by atoms with van der Waals surface area (Å²) in [6, 6.07) is 9.73. The Labute approximate surface area is 179 Å². The predicted octanol–water partition coefficient (Wildman–Crippen LogP) is 8.80. The lowest BCUT2D eigenvalue weighted by Gasteiger charge is -2.35. The second kappa shape index (κ2) is 10.1. The van der Waals surface area contributed by atoms with E-state index in [0.717, 1.165) is 29.6 Å². The zero-order valence-electron chi connectivity index (χ0n) is 18.7. The molecule has 3 aliphatic rings. The van der Waals surface area contributed by atoms with Crippen molar-refractivity contribution in [2.24, 2.45) is 23.7 Å². The maximum atomic E-state index is 3.98. The van der Waals surface area contributed by atoms with Gasteiger partial charge in [-0.15, -0.1) is 6.58 Å². The van der Waals surface area contributed by atoms with Gasteiger partial charge in [0.2, 0.25) is 0 Å². The molecule has 0 radical (unpaired) electrons. The van der Waals surface area contributed by atoms with Crippen molar-refractivity contribution in [1.82, 2.24) is 0 Å². The van der Waals surface area contributed by atoms with Crippen LogP contribution in [-0.4, -0.2) is 0 Å². The van der Waals surface area contributed by atoms with E-state index in [1.807, 2.05) is 0 Å². The van der Waals surface area contributed by atoms with E-state index < -0.39 is 0 Å². The molecular formula is C29H42. The number of hydrogen-bond donors (Lipinski definition) is 0. The first-order valence-electron chi connectivity index (χ1n) is 12.7. The third-order valence-electron chi connectivity index (χ3n) is 8.54. The summed E-state index contributed by atoms with van der Waals surface area (Å²) in [5.41, 5.74) is 3.10. The molecule has 0 saturated heterocycles. The van der Waals surface area contributed by atoms with E-state index in [-0.39, 0.29) is 0 Å². The van der Waals surface area contributed by atoms with Crippen LogP contribution in [0, 0.1) is 23.7 Å². The van der Waals surface area contributed by atoms with Gasteiger partial charge in [-0.1, -0.05) is 75.1 Å². The number of hydrogen-bond acceptors (Lipinski definition) is 0. The fourth-order valence-corrected chi connectivity index (χ4v) is 6.53. The first kappa shape index (κ1) is 21.0. The molecule has 0 heterocycles.